The summed E-state index contributed by atoms with van der Waals surface area (Å²) in [5, 5.41) is 9.70. The van der Waals surface area contributed by atoms with Crippen molar-refractivity contribution in [1.29, 1.82) is 0 Å². The number of rotatable bonds is 1. The average molecular weight is 284 g/mol. The van der Waals surface area contributed by atoms with Gasteiger partial charge < -0.3 is 5.11 Å². The highest BCUT2D eigenvalue weighted by atomic mass is 16.3. The van der Waals surface area contributed by atoms with Gasteiger partial charge in [-0.15, -0.1) is 0 Å². The van der Waals surface area contributed by atoms with Crippen molar-refractivity contribution >= 4 is 5.78 Å². The molecule has 0 bridgehead atoms. The molecule has 0 radical (unpaired) electrons. The van der Waals surface area contributed by atoms with Crippen molar-refractivity contribution in [3.8, 4) is 5.75 Å². The Balaban J connectivity index is 1.73. The van der Waals surface area contributed by atoms with Gasteiger partial charge in [0.2, 0.25) is 0 Å². The van der Waals surface area contributed by atoms with Gasteiger partial charge in [-0.2, -0.15) is 0 Å². The van der Waals surface area contributed by atoms with Crippen molar-refractivity contribution in [2.45, 2.75) is 57.8 Å². The van der Waals surface area contributed by atoms with Crippen LogP contribution in [0.1, 0.15) is 62.5 Å². The van der Waals surface area contributed by atoms with Gasteiger partial charge >= 0.3 is 0 Å². The van der Waals surface area contributed by atoms with Crippen molar-refractivity contribution in [2.75, 3.05) is 0 Å². The van der Waals surface area contributed by atoms with Crippen molar-refractivity contribution < 1.29 is 9.90 Å². The standard InChI is InChI=1S/C19H24O2/c1-2-19-10-9-15-14-6-4-13(20)11-12(14)3-5-16(15)17(19)7-8-18(19)21/h4,6,11,15-17,20H,2-3,5,7-10H2,1H3/t15-,16-,17+,19+/m1/s1. The zero-order valence-electron chi connectivity index (χ0n) is 12.8. The number of phenols is 1. The van der Waals surface area contributed by atoms with E-state index in [0.29, 0.717) is 29.3 Å². The average Bonchev–Trinajstić information content (AvgIpc) is 2.84. The summed E-state index contributed by atoms with van der Waals surface area (Å²) in [5.41, 5.74) is 2.80. The molecule has 0 amide bonds. The molecule has 2 heteroatoms. The molecule has 2 saturated carbocycles. The molecule has 3 aliphatic carbocycles. The summed E-state index contributed by atoms with van der Waals surface area (Å²) in [6, 6.07) is 5.92. The fourth-order valence-corrected chi connectivity index (χ4v) is 5.79. The summed E-state index contributed by atoms with van der Waals surface area (Å²) in [6.45, 7) is 2.21. The van der Waals surface area contributed by atoms with Gasteiger partial charge in [0.1, 0.15) is 11.5 Å². The summed E-state index contributed by atoms with van der Waals surface area (Å²) in [5.74, 6) is 2.84. The van der Waals surface area contributed by atoms with Gasteiger partial charge in [0.05, 0.1) is 0 Å². The van der Waals surface area contributed by atoms with Crippen LogP contribution in [0.2, 0.25) is 0 Å². The maximum atomic E-state index is 12.5. The molecule has 21 heavy (non-hydrogen) atoms. The minimum Gasteiger partial charge on any atom is -0.508 e. The lowest BCUT2D eigenvalue weighted by Crippen LogP contribution is -2.43. The van der Waals surface area contributed by atoms with Gasteiger partial charge in [-0.3, -0.25) is 4.79 Å². The normalized spacial score (nSPS) is 37.8. The summed E-state index contributed by atoms with van der Waals surface area (Å²) in [6.07, 6.45) is 7.44. The molecule has 1 N–H and O–H groups in total. The third-order valence-corrected chi connectivity index (χ3v) is 6.79. The molecule has 2 fully saturated rings. The monoisotopic (exact) mass is 284 g/mol. The number of aryl methyl sites for hydroxylation is 1. The van der Waals surface area contributed by atoms with Crippen LogP contribution >= 0.6 is 0 Å². The number of hydrogen-bond acceptors (Lipinski definition) is 2. The largest absolute Gasteiger partial charge is 0.508 e. The molecule has 4 atom stereocenters. The van der Waals surface area contributed by atoms with Crippen molar-refractivity contribution in [2.24, 2.45) is 17.3 Å². The first kappa shape index (κ1) is 13.4. The van der Waals surface area contributed by atoms with Crippen LogP contribution < -0.4 is 0 Å². The molecule has 4 rings (SSSR count). The summed E-state index contributed by atoms with van der Waals surface area (Å²) >= 11 is 0. The smallest absolute Gasteiger partial charge is 0.139 e. The maximum Gasteiger partial charge on any atom is 0.139 e. The maximum absolute atomic E-state index is 12.5. The van der Waals surface area contributed by atoms with E-state index >= 15 is 0 Å². The fraction of sp³-hybridized carbons (Fsp3) is 0.632. The Morgan fingerprint density at radius 2 is 2.10 bits per heavy atom. The Bertz CT molecular complexity index is 591. The van der Waals surface area contributed by atoms with Crippen LogP contribution in [0.4, 0.5) is 0 Å². The number of aromatic hydroxyl groups is 1. The molecular formula is C19H24O2. The van der Waals surface area contributed by atoms with Crippen molar-refractivity contribution in [3.63, 3.8) is 0 Å². The van der Waals surface area contributed by atoms with Gasteiger partial charge in [-0.25, -0.2) is 0 Å². The highest BCUT2D eigenvalue weighted by Crippen LogP contribution is 2.60. The van der Waals surface area contributed by atoms with E-state index in [1.807, 2.05) is 12.1 Å². The third kappa shape index (κ3) is 1.74. The van der Waals surface area contributed by atoms with E-state index in [4.69, 9.17) is 0 Å². The van der Waals surface area contributed by atoms with Gasteiger partial charge in [-0.1, -0.05) is 13.0 Å². The molecule has 1 aromatic rings. The van der Waals surface area contributed by atoms with Crippen LogP contribution in [-0.4, -0.2) is 10.9 Å². The first-order valence-corrected chi connectivity index (χ1v) is 8.51. The molecular weight excluding hydrogens is 260 g/mol. The Morgan fingerprint density at radius 1 is 1.24 bits per heavy atom. The number of fused-ring (bicyclic) bond motifs is 5. The molecule has 0 unspecified atom stereocenters. The number of benzene rings is 1. The Hall–Kier alpha value is -1.31. The van der Waals surface area contributed by atoms with Gasteiger partial charge in [0.25, 0.3) is 0 Å². The summed E-state index contributed by atoms with van der Waals surface area (Å²) in [7, 11) is 0. The van der Waals surface area contributed by atoms with E-state index < -0.39 is 0 Å². The minimum atomic E-state index is 0.00951. The molecule has 2 nitrogen and oxygen atoms in total. The summed E-state index contributed by atoms with van der Waals surface area (Å²) < 4.78 is 0. The van der Waals surface area contributed by atoms with Crippen LogP contribution in [0.25, 0.3) is 0 Å². The van der Waals surface area contributed by atoms with Crippen LogP contribution in [0.15, 0.2) is 18.2 Å². The predicted octanol–water partition coefficient (Wildman–Crippen LogP) is 4.21. The number of Topliss-reactive ketones (excluding diaryl/α,β-unsaturated/α-hetero) is 1. The van der Waals surface area contributed by atoms with Crippen LogP contribution in [-0.2, 0) is 11.2 Å². The van der Waals surface area contributed by atoms with Crippen LogP contribution in [0.5, 0.6) is 5.75 Å². The zero-order valence-corrected chi connectivity index (χ0v) is 12.8. The van der Waals surface area contributed by atoms with Crippen LogP contribution in [0.3, 0.4) is 0 Å². The zero-order chi connectivity index (χ0) is 14.6. The van der Waals surface area contributed by atoms with E-state index in [0.717, 1.165) is 38.5 Å². The fourth-order valence-electron chi connectivity index (χ4n) is 5.79. The first-order valence-electron chi connectivity index (χ1n) is 8.51. The van der Waals surface area contributed by atoms with E-state index in [2.05, 4.69) is 13.0 Å². The van der Waals surface area contributed by atoms with Gasteiger partial charge in [0.15, 0.2) is 0 Å². The third-order valence-electron chi connectivity index (χ3n) is 6.79. The molecule has 112 valence electrons. The number of ketones is 1. The topological polar surface area (TPSA) is 37.3 Å². The molecule has 0 heterocycles. The highest BCUT2D eigenvalue weighted by molar-refractivity contribution is 5.87. The summed E-state index contributed by atoms with van der Waals surface area (Å²) in [4.78, 5) is 12.5. The number of carbonyl (C=O) groups excluding carboxylic acids is 1. The van der Waals surface area contributed by atoms with Crippen LogP contribution in [0, 0.1) is 17.3 Å². The number of hydrogen-bond donors (Lipinski definition) is 1. The van der Waals surface area contributed by atoms with Gasteiger partial charge in [0, 0.05) is 11.8 Å². The molecule has 0 aliphatic heterocycles. The first-order chi connectivity index (χ1) is 10.2. The Kier molecular flexibility index (Phi) is 2.92. The van der Waals surface area contributed by atoms with E-state index in [1.54, 1.807) is 0 Å². The molecule has 3 aliphatic rings. The molecule has 0 saturated heterocycles. The lowest BCUT2D eigenvalue weighted by atomic mass is 9.54. The van der Waals surface area contributed by atoms with Crippen molar-refractivity contribution in [3.05, 3.63) is 29.3 Å². The number of carbonyl (C=O) groups is 1. The molecule has 0 spiro atoms. The van der Waals surface area contributed by atoms with E-state index in [1.165, 1.54) is 17.5 Å². The van der Waals surface area contributed by atoms with E-state index in [-0.39, 0.29) is 5.41 Å². The lowest BCUT2D eigenvalue weighted by Gasteiger charge is -2.49. The van der Waals surface area contributed by atoms with Crippen molar-refractivity contribution in [1.82, 2.24) is 0 Å². The quantitative estimate of drug-likeness (QED) is 0.839. The Labute approximate surface area is 126 Å². The molecule has 1 aromatic carbocycles. The number of phenolic OH excluding ortho intramolecular Hbond substituents is 1. The Morgan fingerprint density at radius 3 is 2.90 bits per heavy atom. The molecule has 0 aromatic heterocycles. The highest BCUT2D eigenvalue weighted by Gasteiger charge is 2.56. The second-order valence-corrected chi connectivity index (χ2v) is 7.31. The SMILES string of the molecule is CC[C@]12CC[C@@H]3c4ccc(O)cc4CC[C@H]3[C@@H]1CCC2=O. The van der Waals surface area contributed by atoms with Gasteiger partial charge in [-0.05, 0) is 79.5 Å². The second-order valence-electron chi connectivity index (χ2n) is 7.31. The minimum absolute atomic E-state index is 0.00951. The lowest BCUT2D eigenvalue weighted by molar-refractivity contribution is -0.131. The van der Waals surface area contributed by atoms with E-state index in [9.17, 15) is 9.90 Å². The predicted molar refractivity (Wildman–Crippen MR) is 82.3 cm³/mol. The second kappa shape index (κ2) is 4.59.